The lowest BCUT2D eigenvalue weighted by Crippen LogP contribution is -2.08. The van der Waals surface area contributed by atoms with Gasteiger partial charge in [-0.25, -0.2) is 4.39 Å². The van der Waals surface area contributed by atoms with Crippen LogP contribution in [0.3, 0.4) is 0 Å². The summed E-state index contributed by atoms with van der Waals surface area (Å²) in [6.45, 7) is 0. The van der Waals surface area contributed by atoms with Crippen molar-refractivity contribution in [1.82, 2.24) is 0 Å². The first-order valence-corrected chi connectivity index (χ1v) is 7.73. The van der Waals surface area contributed by atoms with Gasteiger partial charge in [0.1, 0.15) is 5.82 Å². The monoisotopic (exact) mass is 383 g/mol. The van der Waals surface area contributed by atoms with Gasteiger partial charge in [-0.3, -0.25) is 0 Å². The van der Waals surface area contributed by atoms with Crippen molar-refractivity contribution in [3.05, 3.63) is 62.3 Å². The molecule has 0 saturated carbocycles. The third kappa shape index (κ3) is 2.43. The van der Waals surface area contributed by atoms with Crippen LogP contribution < -0.4 is 5.32 Å². The third-order valence-corrected chi connectivity index (χ3v) is 4.82. The van der Waals surface area contributed by atoms with Crippen LogP contribution in [0.2, 0.25) is 0 Å². The van der Waals surface area contributed by atoms with E-state index in [-0.39, 0.29) is 11.9 Å². The van der Waals surface area contributed by atoms with E-state index in [9.17, 15) is 4.39 Å². The number of benzene rings is 2. The van der Waals surface area contributed by atoms with Crippen LogP contribution in [-0.2, 0) is 6.42 Å². The highest BCUT2D eigenvalue weighted by molar-refractivity contribution is 9.11. The average Bonchev–Trinajstić information content (AvgIpc) is 2.79. The molecule has 4 heteroatoms. The average molecular weight is 385 g/mol. The predicted octanol–water partition coefficient (Wildman–Crippen LogP) is 5.45. The van der Waals surface area contributed by atoms with E-state index in [1.54, 1.807) is 6.07 Å². The van der Waals surface area contributed by atoms with Crippen LogP contribution in [0.5, 0.6) is 0 Å². The van der Waals surface area contributed by atoms with Crippen LogP contribution in [-0.4, -0.2) is 0 Å². The van der Waals surface area contributed by atoms with Crippen molar-refractivity contribution >= 4 is 37.5 Å². The van der Waals surface area contributed by atoms with Crippen molar-refractivity contribution in [2.45, 2.75) is 18.9 Å². The van der Waals surface area contributed by atoms with Crippen LogP contribution in [0, 0.1) is 5.82 Å². The van der Waals surface area contributed by atoms with Gasteiger partial charge >= 0.3 is 0 Å². The van der Waals surface area contributed by atoms with Crippen LogP contribution in [0.15, 0.2) is 45.3 Å². The molecule has 0 aromatic heterocycles. The van der Waals surface area contributed by atoms with Crippen molar-refractivity contribution in [1.29, 1.82) is 0 Å². The molecule has 0 amide bonds. The fourth-order valence-electron chi connectivity index (χ4n) is 2.57. The summed E-state index contributed by atoms with van der Waals surface area (Å²) in [5.74, 6) is -0.0898. The molecule has 1 aliphatic rings. The molecule has 0 aliphatic heterocycles. The molecule has 1 aliphatic carbocycles. The molecule has 1 nitrogen and oxygen atoms in total. The number of rotatable bonds is 2. The van der Waals surface area contributed by atoms with Crippen LogP contribution >= 0.6 is 31.9 Å². The first kappa shape index (κ1) is 13.1. The Bertz CT molecular complexity index is 607. The first-order chi connectivity index (χ1) is 9.16. The second-order valence-corrected chi connectivity index (χ2v) is 6.35. The van der Waals surface area contributed by atoms with Gasteiger partial charge in [0.25, 0.3) is 0 Å². The molecule has 0 heterocycles. The van der Waals surface area contributed by atoms with Crippen LogP contribution in [0.25, 0.3) is 0 Å². The van der Waals surface area contributed by atoms with Gasteiger partial charge in [-0.05, 0) is 74.0 Å². The predicted molar refractivity (Wildman–Crippen MR) is 82.9 cm³/mol. The lowest BCUT2D eigenvalue weighted by atomic mass is 10.1. The van der Waals surface area contributed by atoms with E-state index in [1.165, 1.54) is 6.07 Å². The topological polar surface area (TPSA) is 12.0 Å². The molecule has 0 spiro atoms. The van der Waals surface area contributed by atoms with Crippen molar-refractivity contribution in [3.8, 4) is 0 Å². The Morgan fingerprint density at radius 2 is 1.74 bits per heavy atom. The summed E-state index contributed by atoms with van der Waals surface area (Å²) < 4.78 is 15.7. The maximum atomic E-state index is 13.7. The Hall–Kier alpha value is -0.870. The highest BCUT2D eigenvalue weighted by Crippen LogP contribution is 2.39. The summed E-state index contributed by atoms with van der Waals surface area (Å²) in [5.41, 5.74) is 2.94. The normalized spacial score (nSPS) is 17.3. The molecular formula is C15H12Br2FN. The maximum Gasteiger partial charge on any atom is 0.126 e. The number of halogens is 3. The van der Waals surface area contributed by atoms with Gasteiger partial charge in [-0.15, -0.1) is 0 Å². The molecule has 0 bridgehead atoms. The maximum absolute atomic E-state index is 13.7. The Morgan fingerprint density at radius 3 is 2.47 bits per heavy atom. The van der Waals surface area contributed by atoms with Crippen molar-refractivity contribution in [3.63, 3.8) is 0 Å². The summed E-state index contributed by atoms with van der Waals surface area (Å²) in [6.07, 6.45) is 1.71. The minimum atomic E-state index is -0.0898. The van der Waals surface area contributed by atoms with Gasteiger partial charge in [0.2, 0.25) is 0 Å². The Morgan fingerprint density at radius 1 is 1.05 bits per heavy atom. The van der Waals surface area contributed by atoms with Gasteiger partial charge in [-0.2, -0.15) is 0 Å². The number of fused-ring (bicyclic) bond motifs is 1. The number of nitrogens with one attached hydrogen (secondary N) is 1. The lowest BCUT2D eigenvalue weighted by Gasteiger charge is -2.18. The minimum absolute atomic E-state index is 0.0898. The van der Waals surface area contributed by atoms with E-state index in [0.717, 1.165) is 38.6 Å². The van der Waals surface area contributed by atoms with Crippen LogP contribution in [0.4, 0.5) is 10.1 Å². The summed E-state index contributed by atoms with van der Waals surface area (Å²) in [5, 5.41) is 3.50. The standard InChI is InChI=1S/C15H12Br2FN/c16-11-4-2-5-12(17)15(11)19-14-8-7-9-10(14)3-1-6-13(9)18/h1-6,14,19H,7-8H2. The molecule has 2 aromatic rings. The number of hydrogen-bond acceptors (Lipinski definition) is 1. The molecule has 1 N–H and O–H groups in total. The first-order valence-electron chi connectivity index (χ1n) is 6.14. The number of anilines is 1. The van der Waals surface area contributed by atoms with Crippen molar-refractivity contribution in [2.75, 3.05) is 5.32 Å². The fraction of sp³-hybridized carbons (Fsp3) is 0.200. The van der Waals surface area contributed by atoms with E-state index >= 15 is 0 Å². The summed E-state index contributed by atoms with van der Waals surface area (Å²) >= 11 is 7.08. The Balaban J connectivity index is 1.93. The van der Waals surface area contributed by atoms with Gasteiger partial charge < -0.3 is 5.32 Å². The van der Waals surface area contributed by atoms with Crippen LogP contribution in [0.1, 0.15) is 23.6 Å². The number of hydrogen-bond donors (Lipinski definition) is 1. The second kappa shape index (κ2) is 5.25. The Kier molecular flexibility index (Phi) is 3.63. The Labute approximate surface area is 128 Å². The van der Waals surface area contributed by atoms with Crippen molar-refractivity contribution in [2.24, 2.45) is 0 Å². The molecule has 0 fully saturated rings. The van der Waals surface area contributed by atoms with Gasteiger partial charge in [0.05, 0.1) is 11.7 Å². The molecule has 1 atom stereocenters. The van der Waals surface area contributed by atoms with Gasteiger partial charge in [0.15, 0.2) is 0 Å². The smallest absolute Gasteiger partial charge is 0.126 e. The van der Waals surface area contributed by atoms with E-state index in [1.807, 2.05) is 24.3 Å². The zero-order valence-corrected chi connectivity index (χ0v) is 13.3. The fourth-order valence-corrected chi connectivity index (χ4v) is 3.80. The van der Waals surface area contributed by atoms with E-state index in [2.05, 4.69) is 37.2 Å². The molecular weight excluding hydrogens is 373 g/mol. The van der Waals surface area contributed by atoms with Gasteiger partial charge in [0, 0.05) is 8.95 Å². The molecule has 2 aromatic carbocycles. The molecule has 98 valence electrons. The van der Waals surface area contributed by atoms with E-state index in [0.29, 0.717) is 0 Å². The largest absolute Gasteiger partial charge is 0.376 e. The summed E-state index contributed by atoms with van der Waals surface area (Å²) in [6, 6.07) is 11.5. The van der Waals surface area contributed by atoms with Gasteiger partial charge in [-0.1, -0.05) is 18.2 Å². The summed E-state index contributed by atoms with van der Waals surface area (Å²) in [4.78, 5) is 0. The minimum Gasteiger partial charge on any atom is -0.376 e. The molecule has 19 heavy (non-hydrogen) atoms. The van der Waals surface area contributed by atoms with E-state index < -0.39 is 0 Å². The molecule has 0 radical (unpaired) electrons. The highest BCUT2D eigenvalue weighted by atomic mass is 79.9. The lowest BCUT2D eigenvalue weighted by molar-refractivity contribution is 0.612. The van der Waals surface area contributed by atoms with Crippen molar-refractivity contribution < 1.29 is 4.39 Å². The number of para-hydroxylation sites is 1. The summed E-state index contributed by atoms with van der Waals surface area (Å²) in [7, 11) is 0. The SMILES string of the molecule is Fc1cccc2c1CCC2Nc1c(Br)cccc1Br. The molecule has 3 rings (SSSR count). The molecule has 0 saturated heterocycles. The third-order valence-electron chi connectivity index (χ3n) is 3.49. The van der Waals surface area contributed by atoms with E-state index in [4.69, 9.17) is 0 Å². The quantitative estimate of drug-likeness (QED) is 0.725. The zero-order chi connectivity index (χ0) is 13.4. The second-order valence-electron chi connectivity index (χ2n) is 4.64. The zero-order valence-electron chi connectivity index (χ0n) is 10.1. The molecule has 1 unspecified atom stereocenters. The highest BCUT2D eigenvalue weighted by Gasteiger charge is 2.25.